The monoisotopic (exact) mass is 376 g/mol. The van der Waals surface area contributed by atoms with Gasteiger partial charge in [-0.05, 0) is 23.6 Å². The summed E-state index contributed by atoms with van der Waals surface area (Å²) in [4.78, 5) is 36.1. The summed E-state index contributed by atoms with van der Waals surface area (Å²) in [6.45, 7) is -0.788. The second kappa shape index (κ2) is 7.40. The number of aromatic nitrogens is 1. The van der Waals surface area contributed by atoms with E-state index in [1.165, 1.54) is 4.57 Å². The van der Waals surface area contributed by atoms with Gasteiger partial charge < -0.3 is 14.5 Å². The van der Waals surface area contributed by atoms with Crippen LogP contribution in [0.5, 0.6) is 0 Å². The van der Waals surface area contributed by atoms with Crippen LogP contribution in [0.3, 0.4) is 0 Å². The summed E-state index contributed by atoms with van der Waals surface area (Å²) in [5, 5.41) is 4.62. The maximum atomic E-state index is 12.2. The van der Waals surface area contributed by atoms with Gasteiger partial charge in [0.25, 0.3) is 5.91 Å². The highest BCUT2D eigenvalue weighted by Crippen LogP contribution is 2.22. The molecule has 0 spiro atoms. The van der Waals surface area contributed by atoms with E-state index in [0.717, 1.165) is 10.8 Å². The summed E-state index contributed by atoms with van der Waals surface area (Å²) in [5.74, 6) is -1.82. The van der Waals surface area contributed by atoms with Crippen LogP contribution >= 0.6 is 0 Å². The molecule has 7 nitrogen and oxygen atoms in total. The Balaban J connectivity index is 1.40. The maximum absolute atomic E-state index is 12.2. The largest absolute Gasteiger partial charge is 0.454 e. The molecule has 1 aromatic heterocycles. The van der Waals surface area contributed by atoms with Gasteiger partial charge in [-0.1, -0.05) is 48.5 Å². The first-order valence-electron chi connectivity index (χ1n) is 8.63. The van der Waals surface area contributed by atoms with Crippen molar-refractivity contribution in [2.75, 3.05) is 11.9 Å². The summed E-state index contributed by atoms with van der Waals surface area (Å²) in [5.41, 5.74) is 1.51. The molecule has 1 heterocycles. The molecule has 0 radical (unpaired) electrons. The fourth-order valence-corrected chi connectivity index (χ4v) is 3.01. The van der Waals surface area contributed by atoms with Crippen LogP contribution in [0, 0.1) is 0 Å². The van der Waals surface area contributed by atoms with Gasteiger partial charge in [0.05, 0.1) is 5.52 Å². The fourth-order valence-electron chi connectivity index (χ4n) is 3.01. The molecule has 0 saturated heterocycles. The fraction of sp³-hybridized carbons (Fsp3) is 0.0952. The lowest BCUT2D eigenvalue weighted by Gasteiger charge is -2.09. The van der Waals surface area contributed by atoms with Gasteiger partial charge in [-0.3, -0.25) is 14.2 Å². The SMILES string of the molecule is O=C(COC(=O)Cn1c(=O)oc2ccccc21)Nc1cccc2ccccc12. The lowest BCUT2D eigenvalue weighted by atomic mass is 10.1. The number of esters is 1. The van der Waals surface area contributed by atoms with Gasteiger partial charge in [0.15, 0.2) is 12.2 Å². The average Bonchev–Trinajstić information content (AvgIpc) is 3.02. The van der Waals surface area contributed by atoms with Crippen molar-refractivity contribution in [2.24, 2.45) is 0 Å². The number of hydrogen-bond acceptors (Lipinski definition) is 5. The zero-order valence-electron chi connectivity index (χ0n) is 14.8. The molecule has 7 heteroatoms. The molecule has 28 heavy (non-hydrogen) atoms. The van der Waals surface area contributed by atoms with Gasteiger partial charge in [-0.15, -0.1) is 0 Å². The van der Waals surface area contributed by atoms with E-state index in [4.69, 9.17) is 9.15 Å². The van der Waals surface area contributed by atoms with Crippen LogP contribution in [0.4, 0.5) is 5.69 Å². The van der Waals surface area contributed by atoms with E-state index in [0.29, 0.717) is 16.8 Å². The van der Waals surface area contributed by atoms with Crippen molar-refractivity contribution in [1.29, 1.82) is 0 Å². The molecule has 0 fully saturated rings. The van der Waals surface area contributed by atoms with E-state index in [1.807, 2.05) is 36.4 Å². The lowest BCUT2D eigenvalue weighted by Crippen LogP contribution is -2.25. The van der Waals surface area contributed by atoms with Gasteiger partial charge in [-0.2, -0.15) is 0 Å². The normalized spacial score (nSPS) is 10.9. The highest BCUT2D eigenvalue weighted by molar-refractivity contribution is 6.02. The number of carbonyl (C=O) groups excluding carboxylic acids is 2. The number of benzene rings is 3. The third-order valence-electron chi connectivity index (χ3n) is 4.29. The number of amides is 1. The molecule has 0 atom stereocenters. The number of hydrogen-bond donors (Lipinski definition) is 1. The molecular weight excluding hydrogens is 360 g/mol. The van der Waals surface area contributed by atoms with E-state index in [2.05, 4.69) is 5.32 Å². The van der Waals surface area contributed by atoms with Crippen LogP contribution in [0.1, 0.15) is 0 Å². The number of para-hydroxylation sites is 2. The second-order valence-electron chi connectivity index (χ2n) is 6.16. The van der Waals surface area contributed by atoms with Crippen LogP contribution in [0.25, 0.3) is 21.9 Å². The first-order chi connectivity index (χ1) is 13.6. The molecule has 1 N–H and O–H groups in total. The average molecular weight is 376 g/mol. The van der Waals surface area contributed by atoms with E-state index in [1.54, 1.807) is 30.3 Å². The molecule has 0 aliphatic heterocycles. The Labute approximate surface area is 159 Å². The first-order valence-corrected chi connectivity index (χ1v) is 8.63. The molecule has 3 aromatic carbocycles. The Bertz CT molecular complexity index is 1230. The number of rotatable bonds is 5. The van der Waals surface area contributed by atoms with Crippen molar-refractivity contribution in [3.63, 3.8) is 0 Å². The Hall–Kier alpha value is -3.87. The minimum Gasteiger partial charge on any atom is -0.454 e. The molecule has 0 bridgehead atoms. The van der Waals surface area contributed by atoms with Crippen LogP contribution in [0.15, 0.2) is 75.9 Å². The zero-order chi connectivity index (χ0) is 19.5. The van der Waals surface area contributed by atoms with Gasteiger partial charge in [-0.25, -0.2) is 4.79 Å². The van der Waals surface area contributed by atoms with E-state index >= 15 is 0 Å². The first kappa shape index (κ1) is 17.5. The molecule has 1 amide bonds. The summed E-state index contributed by atoms with van der Waals surface area (Å²) in [7, 11) is 0. The van der Waals surface area contributed by atoms with Crippen molar-refractivity contribution in [3.8, 4) is 0 Å². The molecule has 0 unspecified atom stereocenters. The third kappa shape index (κ3) is 3.50. The molecular formula is C21H16N2O5. The van der Waals surface area contributed by atoms with Crippen LogP contribution in [-0.2, 0) is 20.9 Å². The van der Waals surface area contributed by atoms with E-state index in [9.17, 15) is 14.4 Å². The summed E-state index contributed by atoms with van der Waals surface area (Å²) >= 11 is 0. The van der Waals surface area contributed by atoms with E-state index in [-0.39, 0.29) is 6.54 Å². The third-order valence-corrected chi connectivity index (χ3v) is 4.29. The number of oxazole rings is 1. The summed E-state index contributed by atoms with van der Waals surface area (Å²) in [6, 6.07) is 19.9. The van der Waals surface area contributed by atoms with Crippen LogP contribution in [0.2, 0.25) is 0 Å². The van der Waals surface area contributed by atoms with Gasteiger partial charge in [0.1, 0.15) is 6.54 Å². The highest BCUT2D eigenvalue weighted by Gasteiger charge is 2.14. The Kier molecular flexibility index (Phi) is 4.63. The predicted molar refractivity (Wildman–Crippen MR) is 104 cm³/mol. The molecule has 0 aliphatic rings. The lowest BCUT2D eigenvalue weighted by molar-refractivity contribution is -0.147. The van der Waals surface area contributed by atoms with Gasteiger partial charge in [0, 0.05) is 11.1 Å². The van der Waals surface area contributed by atoms with Crippen LogP contribution < -0.4 is 11.1 Å². The highest BCUT2D eigenvalue weighted by atomic mass is 16.5. The quantitative estimate of drug-likeness (QED) is 0.541. The maximum Gasteiger partial charge on any atom is 0.420 e. The summed E-state index contributed by atoms with van der Waals surface area (Å²) in [6.07, 6.45) is 0. The molecule has 4 rings (SSSR count). The summed E-state index contributed by atoms with van der Waals surface area (Å²) < 4.78 is 11.2. The van der Waals surface area contributed by atoms with E-state index < -0.39 is 24.2 Å². The van der Waals surface area contributed by atoms with Crippen molar-refractivity contribution >= 4 is 39.4 Å². The molecule has 0 saturated carbocycles. The van der Waals surface area contributed by atoms with Crippen molar-refractivity contribution in [2.45, 2.75) is 6.54 Å². The van der Waals surface area contributed by atoms with Crippen molar-refractivity contribution in [3.05, 3.63) is 77.3 Å². The smallest absolute Gasteiger partial charge is 0.420 e. The molecule has 4 aromatic rings. The minimum absolute atomic E-state index is 0.336. The standard InChI is InChI=1S/C21H16N2O5/c24-19(22-16-9-5-7-14-6-1-2-8-15(14)16)13-27-20(25)12-23-17-10-3-4-11-18(17)28-21(23)26/h1-11H,12-13H2,(H,22,24). The minimum atomic E-state index is -0.707. The Morgan fingerprint density at radius 2 is 1.71 bits per heavy atom. The number of fused-ring (bicyclic) bond motifs is 2. The number of ether oxygens (including phenoxy) is 1. The van der Waals surface area contributed by atoms with Gasteiger partial charge in [0.2, 0.25) is 0 Å². The van der Waals surface area contributed by atoms with Crippen molar-refractivity contribution < 1.29 is 18.7 Å². The molecule has 0 aliphatic carbocycles. The second-order valence-corrected chi connectivity index (χ2v) is 6.16. The topological polar surface area (TPSA) is 90.5 Å². The Morgan fingerprint density at radius 1 is 0.964 bits per heavy atom. The molecule has 140 valence electrons. The predicted octanol–water partition coefficient (Wildman–Crippen LogP) is 2.93. The number of nitrogens with one attached hydrogen (secondary N) is 1. The van der Waals surface area contributed by atoms with Crippen molar-refractivity contribution in [1.82, 2.24) is 4.57 Å². The van der Waals surface area contributed by atoms with Crippen LogP contribution in [-0.4, -0.2) is 23.1 Å². The number of nitrogens with zero attached hydrogens (tertiary/aromatic N) is 1. The van der Waals surface area contributed by atoms with Gasteiger partial charge >= 0.3 is 11.7 Å². The zero-order valence-corrected chi connectivity index (χ0v) is 14.8. The number of anilines is 1. The number of carbonyl (C=O) groups is 2. The Morgan fingerprint density at radius 3 is 2.61 bits per heavy atom.